The number of fused-ring (bicyclic) bond motifs is 1. The second-order valence-electron chi connectivity index (χ2n) is 6.69. The molecule has 0 radical (unpaired) electrons. The van der Waals surface area contributed by atoms with Gasteiger partial charge in [-0.05, 0) is 6.92 Å². The van der Waals surface area contributed by atoms with Gasteiger partial charge < -0.3 is 14.6 Å². The van der Waals surface area contributed by atoms with Crippen LogP contribution in [0.25, 0.3) is 0 Å². The van der Waals surface area contributed by atoms with Crippen molar-refractivity contribution in [1.29, 1.82) is 0 Å². The second kappa shape index (κ2) is 6.27. The fourth-order valence-electron chi connectivity index (χ4n) is 3.66. The van der Waals surface area contributed by atoms with E-state index in [-0.39, 0.29) is 17.1 Å². The van der Waals surface area contributed by atoms with E-state index in [9.17, 15) is 4.79 Å². The minimum absolute atomic E-state index is 0.0258. The highest BCUT2D eigenvalue weighted by atomic mass is 32.1. The molecule has 2 fully saturated rings. The van der Waals surface area contributed by atoms with Gasteiger partial charge in [-0.1, -0.05) is 5.16 Å². The smallest absolute Gasteiger partial charge is 0.289 e. The van der Waals surface area contributed by atoms with Crippen molar-refractivity contribution in [2.24, 2.45) is 11.3 Å². The summed E-state index contributed by atoms with van der Waals surface area (Å²) < 4.78 is 10.6. The average molecular weight is 348 g/mol. The van der Waals surface area contributed by atoms with Crippen molar-refractivity contribution in [3.63, 3.8) is 0 Å². The molecule has 24 heavy (non-hydrogen) atoms. The first-order valence-electron chi connectivity index (χ1n) is 8.05. The summed E-state index contributed by atoms with van der Waals surface area (Å²) >= 11 is 1.71. The highest BCUT2D eigenvalue weighted by Crippen LogP contribution is 2.41. The molecule has 4 rings (SSSR count). The molecule has 2 aliphatic rings. The Labute approximate surface area is 144 Å². The van der Waals surface area contributed by atoms with E-state index < -0.39 is 0 Å². The van der Waals surface area contributed by atoms with Crippen molar-refractivity contribution >= 4 is 17.2 Å². The maximum absolute atomic E-state index is 12.1. The molecule has 2 saturated heterocycles. The Morgan fingerprint density at radius 1 is 1.58 bits per heavy atom. The minimum atomic E-state index is -0.221. The molecule has 1 amide bonds. The number of hydrogen-bond donors (Lipinski definition) is 1. The van der Waals surface area contributed by atoms with E-state index in [2.05, 4.69) is 25.7 Å². The first kappa shape index (κ1) is 15.7. The second-order valence-corrected chi connectivity index (χ2v) is 7.63. The molecule has 2 aromatic rings. The maximum atomic E-state index is 12.1. The van der Waals surface area contributed by atoms with E-state index in [1.807, 2.05) is 6.92 Å². The lowest BCUT2D eigenvalue weighted by molar-refractivity contribution is 0.0869. The monoisotopic (exact) mass is 348 g/mol. The van der Waals surface area contributed by atoms with Crippen LogP contribution in [0, 0.1) is 18.3 Å². The van der Waals surface area contributed by atoms with Gasteiger partial charge >= 0.3 is 0 Å². The average Bonchev–Trinajstić information content (AvgIpc) is 3.29. The van der Waals surface area contributed by atoms with E-state index in [1.165, 1.54) is 6.20 Å². The minimum Gasteiger partial charge on any atom is -0.380 e. The van der Waals surface area contributed by atoms with Crippen LogP contribution in [0.3, 0.4) is 0 Å². The Balaban J connectivity index is 1.40. The number of aromatic nitrogens is 2. The van der Waals surface area contributed by atoms with Crippen LogP contribution in [0.5, 0.6) is 0 Å². The first-order chi connectivity index (χ1) is 11.6. The van der Waals surface area contributed by atoms with Gasteiger partial charge in [-0.25, -0.2) is 4.98 Å². The van der Waals surface area contributed by atoms with E-state index in [0.29, 0.717) is 19.1 Å². The van der Waals surface area contributed by atoms with Crippen LogP contribution >= 0.6 is 11.3 Å². The zero-order chi connectivity index (χ0) is 16.6. The van der Waals surface area contributed by atoms with Crippen LogP contribution < -0.4 is 5.32 Å². The van der Waals surface area contributed by atoms with Gasteiger partial charge in [0.15, 0.2) is 0 Å². The van der Waals surface area contributed by atoms with Gasteiger partial charge in [0.25, 0.3) is 5.91 Å². The highest BCUT2D eigenvalue weighted by molar-refractivity contribution is 7.09. The number of nitrogens with one attached hydrogen (secondary N) is 1. The van der Waals surface area contributed by atoms with Crippen LogP contribution in [-0.4, -0.2) is 53.8 Å². The number of carbonyl (C=O) groups excluding carboxylic acids is 1. The summed E-state index contributed by atoms with van der Waals surface area (Å²) in [6, 6.07) is 1.57. The molecular formula is C16H20N4O3S. The molecule has 128 valence electrons. The number of aryl methyl sites for hydroxylation is 1. The molecule has 2 atom stereocenters. The largest absolute Gasteiger partial charge is 0.380 e. The van der Waals surface area contributed by atoms with Crippen molar-refractivity contribution in [1.82, 2.24) is 20.4 Å². The Morgan fingerprint density at radius 2 is 2.50 bits per heavy atom. The van der Waals surface area contributed by atoms with Crippen molar-refractivity contribution in [3.05, 3.63) is 34.1 Å². The van der Waals surface area contributed by atoms with Crippen LogP contribution in [0.4, 0.5) is 0 Å². The molecule has 0 bridgehead atoms. The van der Waals surface area contributed by atoms with Gasteiger partial charge in [0.1, 0.15) is 5.01 Å². The third-order valence-corrected chi connectivity index (χ3v) is 5.83. The zero-order valence-corrected chi connectivity index (χ0v) is 14.3. The number of ether oxygens (including phenoxy) is 1. The Hall–Kier alpha value is -1.77. The summed E-state index contributed by atoms with van der Waals surface area (Å²) in [6.45, 7) is 6.81. The van der Waals surface area contributed by atoms with Gasteiger partial charge in [0.2, 0.25) is 5.76 Å². The van der Waals surface area contributed by atoms with Crippen molar-refractivity contribution in [2.75, 3.05) is 32.8 Å². The summed E-state index contributed by atoms with van der Waals surface area (Å²) in [5.74, 6) is 0.463. The van der Waals surface area contributed by atoms with Gasteiger partial charge in [0.05, 0.1) is 26.0 Å². The normalized spacial score (nSPS) is 26.6. The molecule has 0 spiro atoms. The number of thiazole rings is 1. The molecule has 8 heteroatoms. The van der Waals surface area contributed by atoms with E-state index in [4.69, 9.17) is 9.26 Å². The predicted molar refractivity (Wildman–Crippen MR) is 87.7 cm³/mol. The standard InChI is InChI=1S/C16H20N4O3S/c1-11-7-24-14(19-11)5-20-4-12-6-22-10-16(12,9-20)8-17-15(21)13-2-3-18-23-13/h2-3,7,12H,4-6,8-10H2,1H3,(H,17,21)/t12-,16+/m1/s1. The summed E-state index contributed by atoms with van der Waals surface area (Å²) in [5.41, 5.74) is 1.05. The number of hydrogen-bond acceptors (Lipinski definition) is 7. The lowest BCUT2D eigenvalue weighted by Crippen LogP contribution is -2.43. The lowest BCUT2D eigenvalue weighted by atomic mass is 9.81. The lowest BCUT2D eigenvalue weighted by Gasteiger charge is -2.27. The highest BCUT2D eigenvalue weighted by Gasteiger charge is 2.50. The third kappa shape index (κ3) is 2.97. The Bertz CT molecular complexity index is 717. The zero-order valence-electron chi connectivity index (χ0n) is 13.5. The van der Waals surface area contributed by atoms with Gasteiger partial charge in [-0.2, -0.15) is 0 Å². The topological polar surface area (TPSA) is 80.5 Å². The molecule has 4 heterocycles. The van der Waals surface area contributed by atoms with Gasteiger partial charge in [0, 0.05) is 48.1 Å². The number of amides is 1. The molecule has 0 saturated carbocycles. The van der Waals surface area contributed by atoms with E-state index in [0.717, 1.165) is 36.9 Å². The van der Waals surface area contributed by atoms with E-state index in [1.54, 1.807) is 17.4 Å². The fraction of sp³-hybridized carbons (Fsp3) is 0.562. The molecule has 0 unspecified atom stereocenters. The molecule has 2 aliphatic heterocycles. The SMILES string of the molecule is Cc1csc(CN2C[C@@H]3COC[C@]3(CNC(=O)c3ccno3)C2)n1. The summed E-state index contributed by atoms with van der Waals surface area (Å²) in [4.78, 5) is 19.1. The molecule has 2 aromatic heterocycles. The van der Waals surface area contributed by atoms with Gasteiger partial charge in [-0.3, -0.25) is 9.69 Å². The molecular weight excluding hydrogens is 328 g/mol. The van der Waals surface area contributed by atoms with Gasteiger partial charge in [-0.15, -0.1) is 11.3 Å². The van der Waals surface area contributed by atoms with E-state index >= 15 is 0 Å². The molecule has 7 nitrogen and oxygen atoms in total. The Kier molecular flexibility index (Phi) is 4.11. The van der Waals surface area contributed by atoms with Crippen molar-refractivity contribution in [2.45, 2.75) is 13.5 Å². The quantitative estimate of drug-likeness (QED) is 0.878. The molecule has 0 aliphatic carbocycles. The summed E-state index contributed by atoms with van der Waals surface area (Å²) in [6.07, 6.45) is 1.47. The molecule has 1 N–H and O–H groups in total. The van der Waals surface area contributed by atoms with Crippen molar-refractivity contribution < 1.29 is 14.1 Å². The van der Waals surface area contributed by atoms with Crippen LogP contribution in [0.15, 0.2) is 22.2 Å². The first-order valence-corrected chi connectivity index (χ1v) is 8.93. The molecule has 0 aromatic carbocycles. The van der Waals surface area contributed by atoms with Crippen LogP contribution in [0.1, 0.15) is 21.3 Å². The number of likely N-dealkylation sites (tertiary alicyclic amines) is 1. The maximum Gasteiger partial charge on any atom is 0.289 e. The van der Waals surface area contributed by atoms with Crippen LogP contribution in [0.2, 0.25) is 0 Å². The predicted octanol–water partition coefficient (Wildman–Crippen LogP) is 1.32. The van der Waals surface area contributed by atoms with Crippen LogP contribution in [-0.2, 0) is 11.3 Å². The number of carbonyl (C=O) groups is 1. The number of rotatable bonds is 5. The van der Waals surface area contributed by atoms with Crippen molar-refractivity contribution in [3.8, 4) is 0 Å². The summed E-state index contributed by atoms with van der Waals surface area (Å²) in [5, 5.41) is 9.79. The number of nitrogens with zero attached hydrogens (tertiary/aromatic N) is 3. The summed E-state index contributed by atoms with van der Waals surface area (Å²) in [7, 11) is 0. The third-order valence-electron chi connectivity index (χ3n) is 4.88. The fourth-order valence-corrected chi connectivity index (χ4v) is 4.47. The Morgan fingerprint density at radius 3 is 3.25 bits per heavy atom.